The van der Waals surface area contributed by atoms with Gasteiger partial charge < -0.3 is 20.1 Å². The molecule has 0 fully saturated rings. The van der Waals surface area contributed by atoms with Crippen molar-refractivity contribution in [2.45, 2.75) is 0 Å². The van der Waals surface area contributed by atoms with Gasteiger partial charge in [-0.1, -0.05) is 6.07 Å². The second kappa shape index (κ2) is 10.1. The smallest absolute Gasteiger partial charge is 0.248 e. The highest BCUT2D eigenvalue weighted by Crippen LogP contribution is 2.28. The molecule has 4 aromatic rings. The molecule has 9 nitrogen and oxygen atoms in total. The number of aromatic nitrogens is 4. The van der Waals surface area contributed by atoms with Gasteiger partial charge in [0.05, 0.1) is 14.2 Å². The number of carbonyl (C=O) groups is 1. The van der Waals surface area contributed by atoms with Gasteiger partial charge in [0.2, 0.25) is 5.91 Å². The maximum atomic E-state index is 12.3. The Kier molecular flexibility index (Phi) is 6.60. The van der Waals surface area contributed by atoms with Gasteiger partial charge in [0.25, 0.3) is 0 Å². The SMILES string of the molecule is COc1ccc(/C=C/C(=O)Nc2ccc(Nc3cc(-n4cccn4)ncn3)cc2)cc1OC. The zero-order chi connectivity index (χ0) is 23.0. The van der Waals surface area contributed by atoms with Crippen LogP contribution in [0.15, 0.2) is 79.4 Å². The quantitative estimate of drug-likeness (QED) is 0.396. The summed E-state index contributed by atoms with van der Waals surface area (Å²) < 4.78 is 12.2. The molecule has 166 valence electrons. The zero-order valence-corrected chi connectivity index (χ0v) is 18.1. The molecule has 0 saturated heterocycles. The van der Waals surface area contributed by atoms with E-state index in [1.165, 1.54) is 12.4 Å². The van der Waals surface area contributed by atoms with Gasteiger partial charge in [-0.15, -0.1) is 0 Å². The highest BCUT2D eigenvalue weighted by Gasteiger charge is 2.05. The Labute approximate surface area is 190 Å². The molecule has 0 atom stereocenters. The van der Waals surface area contributed by atoms with Crippen molar-refractivity contribution in [1.82, 2.24) is 19.7 Å². The van der Waals surface area contributed by atoms with E-state index in [9.17, 15) is 4.79 Å². The first-order chi connectivity index (χ1) is 16.1. The topological polar surface area (TPSA) is 103 Å². The van der Waals surface area contributed by atoms with Crippen LogP contribution in [0.2, 0.25) is 0 Å². The van der Waals surface area contributed by atoms with E-state index in [0.29, 0.717) is 28.8 Å². The average Bonchev–Trinajstić information content (AvgIpc) is 3.39. The molecule has 0 aliphatic rings. The van der Waals surface area contributed by atoms with E-state index in [-0.39, 0.29) is 5.91 Å². The molecule has 2 aromatic carbocycles. The summed E-state index contributed by atoms with van der Waals surface area (Å²) in [4.78, 5) is 20.7. The van der Waals surface area contributed by atoms with Crippen molar-refractivity contribution in [1.29, 1.82) is 0 Å². The number of nitrogens with zero attached hydrogens (tertiary/aromatic N) is 4. The molecule has 1 amide bonds. The summed E-state index contributed by atoms with van der Waals surface area (Å²) in [7, 11) is 3.15. The number of anilines is 3. The van der Waals surface area contributed by atoms with Crippen molar-refractivity contribution < 1.29 is 14.3 Å². The minimum absolute atomic E-state index is 0.245. The number of nitrogens with one attached hydrogen (secondary N) is 2. The summed E-state index contributed by atoms with van der Waals surface area (Å²) in [6.45, 7) is 0. The number of carbonyl (C=O) groups excluding carboxylic acids is 1. The number of benzene rings is 2. The van der Waals surface area contributed by atoms with Crippen LogP contribution in [0.3, 0.4) is 0 Å². The van der Waals surface area contributed by atoms with Gasteiger partial charge in [0, 0.05) is 35.9 Å². The van der Waals surface area contributed by atoms with Gasteiger partial charge in [0.1, 0.15) is 12.1 Å². The number of hydrogen-bond acceptors (Lipinski definition) is 7. The molecule has 2 N–H and O–H groups in total. The van der Waals surface area contributed by atoms with Gasteiger partial charge in [0.15, 0.2) is 17.3 Å². The molecule has 0 bridgehead atoms. The molecule has 9 heteroatoms. The first-order valence-electron chi connectivity index (χ1n) is 10.0. The highest BCUT2D eigenvalue weighted by atomic mass is 16.5. The van der Waals surface area contributed by atoms with Gasteiger partial charge in [-0.3, -0.25) is 4.79 Å². The van der Waals surface area contributed by atoms with Crippen molar-refractivity contribution >= 4 is 29.2 Å². The lowest BCUT2D eigenvalue weighted by atomic mass is 10.2. The van der Waals surface area contributed by atoms with E-state index in [2.05, 4.69) is 25.7 Å². The first kappa shape index (κ1) is 21.6. The summed E-state index contributed by atoms with van der Waals surface area (Å²) >= 11 is 0. The van der Waals surface area contributed by atoms with Crippen LogP contribution in [0, 0.1) is 0 Å². The number of rotatable bonds is 8. The molecule has 2 heterocycles. The molecule has 0 aliphatic heterocycles. The number of amides is 1. The van der Waals surface area contributed by atoms with Crippen molar-refractivity contribution in [3.63, 3.8) is 0 Å². The second-order valence-corrected chi connectivity index (χ2v) is 6.85. The predicted octanol–water partition coefficient (Wildman–Crippen LogP) is 4.08. The van der Waals surface area contributed by atoms with Crippen LogP contribution in [-0.4, -0.2) is 39.9 Å². The normalized spacial score (nSPS) is 10.7. The Morgan fingerprint density at radius 3 is 2.48 bits per heavy atom. The summed E-state index contributed by atoms with van der Waals surface area (Å²) in [5, 5.41) is 10.2. The molecule has 33 heavy (non-hydrogen) atoms. The molecule has 0 aliphatic carbocycles. The van der Waals surface area contributed by atoms with Crippen molar-refractivity contribution in [2.75, 3.05) is 24.9 Å². The standard InChI is InChI=1S/C24H22N6O3/c1-32-20-10-4-17(14-21(20)33-2)5-11-24(31)29-19-8-6-18(7-9-19)28-22-15-23(26-16-25-22)30-13-3-12-27-30/h3-16H,1-2H3,(H,29,31)(H,25,26,28)/b11-5+. The van der Waals surface area contributed by atoms with Crippen LogP contribution in [0.1, 0.15) is 5.56 Å². The van der Waals surface area contributed by atoms with Gasteiger partial charge in [-0.25, -0.2) is 14.6 Å². The fraction of sp³-hybridized carbons (Fsp3) is 0.0833. The van der Waals surface area contributed by atoms with Crippen LogP contribution in [0.4, 0.5) is 17.2 Å². The molecular weight excluding hydrogens is 420 g/mol. The molecule has 0 unspecified atom stereocenters. The van der Waals surface area contributed by atoms with E-state index in [0.717, 1.165) is 11.3 Å². The first-order valence-corrected chi connectivity index (χ1v) is 10.0. The van der Waals surface area contributed by atoms with E-state index in [1.54, 1.807) is 61.5 Å². The highest BCUT2D eigenvalue weighted by molar-refractivity contribution is 6.02. The largest absolute Gasteiger partial charge is 0.493 e. The lowest BCUT2D eigenvalue weighted by Crippen LogP contribution is -2.07. The molecule has 2 aromatic heterocycles. The summed E-state index contributed by atoms with van der Waals surface area (Å²) in [5.41, 5.74) is 2.31. The lowest BCUT2D eigenvalue weighted by molar-refractivity contribution is -0.111. The fourth-order valence-corrected chi connectivity index (χ4v) is 3.04. The van der Waals surface area contributed by atoms with E-state index in [1.807, 2.05) is 30.5 Å². The van der Waals surface area contributed by atoms with Crippen molar-refractivity contribution in [3.8, 4) is 17.3 Å². The minimum Gasteiger partial charge on any atom is -0.493 e. The van der Waals surface area contributed by atoms with Crippen LogP contribution in [0.5, 0.6) is 11.5 Å². The Morgan fingerprint density at radius 1 is 0.970 bits per heavy atom. The third-order valence-electron chi connectivity index (χ3n) is 4.65. The summed E-state index contributed by atoms with van der Waals surface area (Å²) in [6.07, 6.45) is 8.14. The van der Waals surface area contributed by atoms with Gasteiger partial charge in [-0.2, -0.15) is 5.10 Å². The van der Waals surface area contributed by atoms with Gasteiger partial charge >= 0.3 is 0 Å². The van der Waals surface area contributed by atoms with E-state index in [4.69, 9.17) is 9.47 Å². The zero-order valence-electron chi connectivity index (χ0n) is 18.1. The Hall–Kier alpha value is -4.66. The van der Waals surface area contributed by atoms with E-state index < -0.39 is 0 Å². The van der Waals surface area contributed by atoms with Crippen LogP contribution < -0.4 is 20.1 Å². The second-order valence-electron chi connectivity index (χ2n) is 6.85. The maximum absolute atomic E-state index is 12.3. The van der Waals surface area contributed by atoms with Crippen molar-refractivity contribution in [3.05, 3.63) is 85.0 Å². The maximum Gasteiger partial charge on any atom is 0.248 e. The summed E-state index contributed by atoms with van der Waals surface area (Å²) in [6, 6.07) is 16.4. The summed E-state index contributed by atoms with van der Waals surface area (Å²) in [5.74, 6) is 2.27. The predicted molar refractivity (Wildman–Crippen MR) is 126 cm³/mol. The average molecular weight is 442 g/mol. The number of ether oxygens (including phenoxy) is 2. The van der Waals surface area contributed by atoms with Crippen LogP contribution in [-0.2, 0) is 4.79 Å². The molecular formula is C24H22N6O3. The molecule has 0 radical (unpaired) electrons. The minimum atomic E-state index is -0.245. The molecule has 0 spiro atoms. The third kappa shape index (κ3) is 5.53. The van der Waals surface area contributed by atoms with Crippen LogP contribution >= 0.6 is 0 Å². The Bertz CT molecular complexity index is 1250. The van der Waals surface area contributed by atoms with E-state index >= 15 is 0 Å². The lowest BCUT2D eigenvalue weighted by Gasteiger charge is -2.09. The number of methoxy groups -OCH3 is 2. The monoisotopic (exact) mass is 442 g/mol. The molecule has 4 rings (SSSR count). The fourth-order valence-electron chi connectivity index (χ4n) is 3.04. The van der Waals surface area contributed by atoms with Gasteiger partial charge in [-0.05, 0) is 54.1 Å². The van der Waals surface area contributed by atoms with Crippen LogP contribution in [0.25, 0.3) is 11.9 Å². The third-order valence-corrected chi connectivity index (χ3v) is 4.65. The van der Waals surface area contributed by atoms with Crippen molar-refractivity contribution in [2.24, 2.45) is 0 Å². The Morgan fingerprint density at radius 2 is 1.76 bits per heavy atom. The number of hydrogen-bond donors (Lipinski definition) is 2. The Balaban J connectivity index is 1.36. The molecule has 0 saturated carbocycles.